The summed E-state index contributed by atoms with van der Waals surface area (Å²) >= 11 is 0. The Bertz CT molecular complexity index is 1360. The van der Waals surface area contributed by atoms with Crippen LogP contribution in [0.1, 0.15) is 24.3 Å². The maximum atomic E-state index is 13.8. The minimum atomic E-state index is -3.76. The van der Waals surface area contributed by atoms with Gasteiger partial charge in [0.25, 0.3) is 5.91 Å². The van der Waals surface area contributed by atoms with Crippen molar-refractivity contribution in [2.24, 2.45) is 0 Å². The third-order valence-electron chi connectivity index (χ3n) is 6.76. The van der Waals surface area contributed by atoms with Crippen LogP contribution in [0.2, 0.25) is 0 Å². The fourth-order valence-electron chi connectivity index (χ4n) is 4.72. The van der Waals surface area contributed by atoms with E-state index in [1.807, 2.05) is 66.7 Å². The van der Waals surface area contributed by atoms with E-state index in [-0.39, 0.29) is 51.2 Å². The summed E-state index contributed by atoms with van der Waals surface area (Å²) in [5, 5.41) is 12.0. The average molecular weight is 595 g/mol. The third-order valence-corrected chi connectivity index (χ3v) is 8.87. The topological polar surface area (TPSA) is 138 Å². The highest BCUT2D eigenvalue weighted by molar-refractivity contribution is 7.54. The first-order valence-electron chi connectivity index (χ1n) is 13.8. The van der Waals surface area contributed by atoms with Crippen molar-refractivity contribution in [1.82, 2.24) is 20.1 Å². The molecule has 2 N–H and O–H groups in total. The molecular weight excluding hydrogens is 559 g/mol. The van der Waals surface area contributed by atoms with Crippen molar-refractivity contribution in [1.29, 1.82) is 0 Å². The van der Waals surface area contributed by atoms with Gasteiger partial charge in [0, 0.05) is 31.7 Å². The lowest BCUT2D eigenvalue weighted by atomic mass is 10.0. The molecule has 0 aliphatic carbocycles. The molecule has 12 heteroatoms. The van der Waals surface area contributed by atoms with Gasteiger partial charge in [0.1, 0.15) is 11.7 Å². The fraction of sp³-hybridized carbons (Fsp3) is 0.333. The Morgan fingerprint density at radius 1 is 0.857 bits per heavy atom. The lowest BCUT2D eigenvalue weighted by Gasteiger charge is -2.35. The number of hydrogen-bond donors (Lipinski definition) is 2. The standard InChI is InChI=1S/C30H35N4O7P/c1-3-40-42(39,41-4-2)21-27(29(36)33-15-17-34(18-16-33)30(37)38)32-28(35)26-20-24(22-11-7-5-8-12-22)19-25(31-26)23-13-9-6-10-14-23/h5-14,19-20,27H,3-4,15-18,21H2,1-2H3,(H,32,35)(H,37,38)/t27-/m0/s1. The predicted octanol–water partition coefficient (Wildman–Crippen LogP) is 4.60. The van der Waals surface area contributed by atoms with Crippen LogP contribution in [0, 0.1) is 0 Å². The Morgan fingerprint density at radius 2 is 1.40 bits per heavy atom. The monoisotopic (exact) mass is 594 g/mol. The summed E-state index contributed by atoms with van der Waals surface area (Å²) in [5.74, 6) is -1.14. The molecule has 11 nitrogen and oxygen atoms in total. The van der Waals surface area contributed by atoms with E-state index in [0.717, 1.165) is 16.7 Å². The number of carbonyl (C=O) groups is 3. The van der Waals surface area contributed by atoms with Crippen LogP contribution in [0.3, 0.4) is 0 Å². The Morgan fingerprint density at radius 3 is 1.95 bits per heavy atom. The smallest absolute Gasteiger partial charge is 0.407 e. The number of nitrogens with one attached hydrogen (secondary N) is 1. The zero-order valence-electron chi connectivity index (χ0n) is 23.6. The van der Waals surface area contributed by atoms with Crippen molar-refractivity contribution >= 4 is 25.5 Å². The molecule has 2 aromatic carbocycles. The van der Waals surface area contributed by atoms with Gasteiger partial charge in [0.2, 0.25) is 5.91 Å². The first kappa shape index (κ1) is 30.9. The van der Waals surface area contributed by atoms with E-state index in [2.05, 4.69) is 10.3 Å². The molecule has 0 saturated carbocycles. The molecular formula is C30H35N4O7P. The van der Waals surface area contributed by atoms with E-state index in [4.69, 9.17) is 9.05 Å². The Labute approximate surface area is 245 Å². The lowest BCUT2D eigenvalue weighted by Crippen LogP contribution is -2.56. The molecule has 1 aliphatic rings. The van der Waals surface area contributed by atoms with Gasteiger partial charge >= 0.3 is 13.7 Å². The minimum absolute atomic E-state index is 0.0753. The molecule has 1 fully saturated rings. The molecule has 1 atom stereocenters. The second-order valence-electron chi connectivity index (χ2n) is 9.61. The lowest BCUT2D eigenvalue weighted by molar-refractivity contribution is -0.134. The number of carboxylic acid groups (broad SMARTS) is 1. The van der Waals surface area contributed by atoms with E-state index < -0.39 is 31.5 Å². The second kappa shape index (κ2) is 14.2. The highest BCUT2D eigenvalue weighted by Gasteiger charge is 2.37. The van der Waals surface area contributed by atoms with Crippen LogP contribution < -0.4 is 5.32 Å². The zero-order chi connectivity index (χ0) is 30.1. The molecule has 0 spiro atoms. The summed E-state index contributed by atoms with van der Waals surface area (Å²) < 4.78 is 24.4. The van der Waals surface area contributed by atoms with Crippen molar-refractivity contribution < 1.29 is 33.1 Å². The van der Waals surface area contributed by atoms with Gasteiger partial charge in [-0.15, -0.1) is 0 Å². The van der Waals surface area contributed by atoms with Crippen LogP contribution in [-0.4, -0.2) is 89.4 Å². The molecule has 1 aliphatic heterocycles. The number of nitrogens with zero attached hydrogens (tertiary/aromatic N) is 3. The molecule has 2 heterocycles. The number of benzene rings is 2. The third kappa shape index (κ3) is 7.82. The largest absolute Gasteiger partial charge is 0.465 e. The molecule has 3 amide bonds. The quantitative estimate of drug-likeness (QED) is 0.307. The Balaban J connectivity index is 1.67. The van der Waals surface area contributed by atoms with E-state index in [9.17, 15) is 24.1 Å². The van der Waals surface area contributed by atoms with Gasteiger partial charge in [0.15, 0.2) is 0 Å². The SMILES string of the molecule is CCOP(=O)(C[C@H](NC(=O)c1cc(-c2ccccc2)cc(-c2ccccc2)n1)C(=O)N1CCN(C(=O)O)CC1)OCC. The molecule has 1 aromatic heterocycles. The first-order valence-corrected chi connectivity index (χ1v) is 15.5. The number of hydrogen-bond acceptors (Lipinski definition) is 7. The normalized spacial score (nSPS) is 14.3. The van der Waals surface area contributed by atoms with Crippen LogP contribution in [0.15, 0.2) is 72.8 Å². The van der Waals surface area contributed by atoms with E-state index in [1.165, 1.54) is 9.80 Å². The van der Waals surface area contributed by atoms with Gasteiger partial charge in [-0.1, -0.05) is 60.7 Å². The Hall–Kier alpha value is -4.05. The predicted molar refractivity (Wildman–Crippen MR) is 158 cm³/mol. The van der Waals surface area contributed by atoms with E-state index in [0.29, 0.717) is 5.69 Å². The number of aromatic nitrogens is 1. The fourth-order valence-corrected chi connectivity index (χ4v) is 6.48. The van der Waals surface area contributed by atoms with Crippen molar-refractivity contribution in [3.05, 3.63) is 78.5 Å². The van der Waals surface area contributed by atoms with Crippen molar-refractivity contribution in [3.8, 4) is 22.4 Å². The van der Waals surface area contributed by atoms with Crippen LogP contribution in [-0.2, 0) is 18.4 Å². The van der Waals surface area contributed by atoms with Crippen molar-refractivity contribution in [3.63, 3.8) is 0 Å². The Kier molecular flexibility index (Phi) is 10.5. The van der Waals surface area contributed by atoms with Gasteiger partial charge in [-0.05, 0) is 37.1 Å². The summed E-state index contributed by atoms with van der Waals surface area (Å²) in [4.78, 5) is 46.1. The number of amides is 3. The second-order valence-corrected chi connectivity index (χ2v) is 11.7. The van der Waals surface area contributed by atoms with Crippen molar-refractivity contribution in [2.75, 3.05) is 45.6 Å². The highest BCUT2D eigenvalue weighted by Crippen LogP contribution is 2.48. The minimum Gasteiger partial charge on any atom is -0.465 e. The molecule has 222 valence electrons. The molecule has 1 saturated heterocycles. The molecule has 4 rings (SSSR count). The van der Waals surface area contributed by atoms with Gasteiger partial charge in [-0.3, -0.25) is 14.2 Å². The average Bonchev–Trinajstić information content (AvgIpc) is 3.01. The summed E-state index contributed by atoms with van der Waals surface area (Å²) in [5.41, 5.74) is 3.10. The number of rotatable bonds is 11. The summed E-state index contributed by atoms with van der Waals surface area (Å²) in [6.07, 6.45) is -1.45. The van der Waals surface area contributed by atoms with E-state index in [1.54, 1.807) is 19.9 Å². The summed E-state index contributed by atoms with van der Waals surface area (Å²) in [7, 11) is -3.76. The van der Waals surface area contributed by atoms with Gasteiger partial charge in [0.05, 0.1) is 25.1 Å². The molecule has 42 heavy (non-hydrogen) atoms. The number of pyridine rings is 1. The maximum absolute atomic E-state index is 13.8. The summed E-state index contributed by atoms with van der Waals surface area (Å²) in [6.45, 7) is 4.01. The van der Waals surface area contributed by atoms with Crippen molar-refractivity contribution in [2.45, 2.75) is 19.9 Å². The number of carbonyl (C=O) groups excluding carboxylic acids is 2. The van der Waals surface area contributed by atoms with Crippen LogP contribution in [0.5, 0.6) is 0 Å². The molecule has 0 radical (unpaired) electrons. The zero-order valence-corrected chi connectivity index (χ0v) is 24.5. The van der Waals surface area contributed by atoms with Gasteiger partial charge in [-0.2, -0.15) is 0 Å². The summed E-state index contributed by atoms with van der Waals surface area (Å²) in [6, 6.07) is 21.3. The van der Waals surface area contributed by atoms with Crippen LogP contribution in [0.4, 0.5) is 4.79 Å². The molecule has 0 bridgehead atoms. The molecule has 0 unspecified atom stereocenters. The first-order chi connectivity index (χ1) is 20.2. The van der Waals surface area contributed by atoms with Crippen LogP contribution >= 0.6 is 7.60 Å². The van der Waals surface area contributed by atoms with Gasteiger partial charge < -0.3 is 29.3 Å². The maximum Gasteiger partial charge on any atom is 0.407 e. The molecule has 3 aromatic rings. The van der Waals surface area contributed by atoms with Gasteiger partial charge in [-0.25, -0.2) is 9.78 Å². The highest BCUT2D eigenvalue weighted by atomic mass is 31.2. The number of piperazine rings is 1. The van der Waals surface area contributed by atoms with E-state index >= 15 is 0 Å². The van der Waals surface area contributed by atoms with Crippen LogP contribution in [0.25, 0.3) is 22.4 Å².